The summed E-state index contributed by atoms with van der Waals surface area (Å²) in [5.74, 6) is 0.224. The van der Waals surface area contributed by atoms with Crippen LogP contribution >= 0.6 is 0 Å². The van der Waals surface area contributed by atoms with Crippen molar-refractivity contribution >= 4 is 17.6 Å². The Morgan fingerprint density at radius 1 is 1.12 bits per heavy atom. The van der Waals surface area contributed by atoms with E-state index >= 15 is 0 Å². The van der Waals surface area contributed by atoms with Gasteiger partial charge in [-0.05, 0) is 56.3 Å². The zero-order chi connectivity index (χ0) is 18.5. The zero-order valence-electron chi connectivity index (χ0n) is 14.4. The number of hydrogen-bond acceptors (Lipinski definition) is 6. The summed E-state index contributed by atoms with van der Waals surface area (Å²) in [6.45, 7) is 3.77. The highest BCUT2D eigenvalue weighted by molar-refractivity contribution is 6.05. The van der Waals surface area contributed by atoms with Gasteiger partial charge in [-0.2, -0.15) is 4.98 Å². The molecule has 2 aromatic carbocycles. The highest BCUT2D eigenvalue weighted by Gasteiger charge is 2.11. The molecule has 1 N–H and O–H groups in total. The molecule has 3 rings (SSSR count). The molecule has 7 nitrogen and oxygen atoms in total. The number of aryl methyl sites for hydroxylation is 1. The Labute approximate surface area is 150 Å². The number of ether oxygens (including phenoxy) is 1. The average molecular weight is 351 g/mol. The Hall–Kier alpha value is -3.48. The lowest BCUT2D eigenvalue weighted by Gasteiger charge is -2.07. The summed E-state index contributed by atoms with van der Waals surface area (Å²) < 4.78 is 10.1. The number of anilines is 1. The lowest BCUT2D eigenvalue weighted by molar-refractivity contribution is 0.0526. The Kier molecular flexibility index (Phi) is 5.07. The summed E-state index contributed by atoms with van der Waals surface area (Å²) in [5, 5.41) is 6.50. The monoisotopic (exact) mass is 351 g/mol. The normalized spacial score (nSPS) is 10.4. The van der Waals surface area contributed by atoms with Crippen molar-refractivity contribution in [2.75, 3.05) is 11.9 Å². The van der Waals surface area contributed by atoms with Crippen LogP contribution in [0.4, 0.5) is 5.69 Å². The van der Waals surface area contributed by atoms with Gasteiger partial charge < -0.3 is 14.6 Å². The van der Waals surface area contributed by atoms with Crippen LogP contribution < -0.4 is 5.32 Å². The molecule has 1 aromatic heterocycles. The molecule has 0 atom stereocenters. The molecule has 0 unspecified atom stereocenters. The van der Waals surface area contributed by atoms with Crippen molar-refractivity contribution in [2.45, 2.75) is 13.8 Å². The zero-order valence-corrected chi connectivity index (χ0v) is 14.4. The van der Waals surface area contributed by atoms with Gasteiger partial charge in [0.1, 0.15) is 0 Å². The van der Waals surface area contributed by atoms with E-state index in [0.717, 1.165) is 5.56 Å². The summed E-state index contributed by atoms with van der Waals surface area (Å²) in [6.07, 6.45) is 0. The van der Waals surface area contributed by atoms with E-state index in [1.807, 2.05) is 0 Å². The number of carbonyl (C=O) groups is 2. The molecule has 0 aliphatic carbocycles. The Balaban J connectivity index is 1.72. The van der Waals surface area contributed by atoms with Crippen LogP contribution in [-0.2, 0) is 4.74 Å². The molecule has 0 aliphatic rings. The predicted octanol–water partition coefficient (Wildman–Crippen LogP) is 3.47. The molecule has 3 aromatic rings. The van der Waals surface area contributed by atoms with Gasteiger partial charge in [-0.3, -0.25) is 4.79 Å². The minimum atomic E-state index is -0.428. The van der Waals surface area contributed by atoms with Crippen molar-refractivity contribution in [2.24, 2.45) is 0 Å². The molecule has 7 heteroatoms. The second-order valence-corrected chi connectivity index (χ2v) is 5.48. The summed E-state index contributed by atoms with van der Waals surface area (Å²) in [4.78, 5) is 28.3. The summed E-state index contributed by atoms with van der Waals surface area (Å²) >= 11 is 0. The topological polar surface area (TPSA) is 94.3 Å². The van der Waals surface area contributed by atoms with Crippen molar-refractivity contribution in [3.8, 4) is 11.5 Å². The molecule has 0 saturated heterocycles. The number of nitrogens with zero attached hydrogens (tertiary/aromatic N) is 2. The standard InChI is InChI=1S/C19H17N3O4/c1-3-25-19(24)15-5-4-6-16(11-15)21-17(23)13-7-9-14(10-8-13)18-20-12(2)22-26-18/h4-11H,3H2,1-2H3,(H,21,23). The summed E-state index contributed by atoms with van der Waals surface area (Å²) in [7, 11) is 0. The van der Waals surface area contributed by atoms with Gasteiger partial charge in [-0.1, -0.05) is 11.2 Å². The van der Waals surface area contributed by atoms with E-state index in [4.69, 9.17) is 9.26 Å². The molecule has 132 valence electrons. The van der Waals surface area contributed by atoms with E-state index in [0.29, 0.717) is 35.1 Å². The first-order chi connectivity index (χ1) is 12.6. The molecule has 0 spiro atoms. The Bertz CT molecular complexity index is 932. The Morgan fingerprint density at radius 2 is 1.88 bits per heavy atom. The number of aromatic nitrogens is 2. The smallest absolute Gasteiger partial charge is 0.338 e. The minimum Gasteiger partial charge on any atom is -0.462 e. The number of nitrogens with one attached hydrogen (secondary N) is 1. The van der Waals surface area contributed by atoms with E-state index in [9.17, 15) is 9.59 Å². The molecule has 0 bridgehead atoms. The molecule has 26 heavy (non-hydrogen) atoms. The van der Waals surface area contributed by atoms with Crippen LogP contribution in [0.1, 0.15) is 33.5 Å². The lowest BCUT2D eigenvalue weighted by atomic mass is 10.1. The van der Waals surface area contributed by atoms with Gasteiger partial charge in [0.25, 0.3) is 11.8 Å². The van der Waals surface area contributed by atoms with Gasteiger partial charge in [-0.15, -0.1) is 0 Å². The van der Waals surface area contributed by atoms with Crippen molar-refractivity contribution in [3.63, 3.8) is 0 Å². The molecule has 1 amide bonds. The number of benzene rings is 2. The van der Waals surface area contributed by atoms with Crippen LogP contribution in [0.2, 0.25) is 0 Å². The number of carbonyl (C=O) groups excluding carboxylic acids is 2. The fraction of sp³-hybridized carbons (Fsp3) is 0.158. The third-order valence-corrected chi connectivity index (χ3v) is 3.55. The van der Waals surface area contributed by atoms with Crippen LogP contribution in [0.3, 0.4) is 0 Å². The molecule has 0 radical (unpaired) electrons. The van der Waals surface area contributed by atoms with E-state index in [1.54, 1.807) is 62.4 Å². The molecule has 1 heterocycles. The van der Waals surface area contributed by atoms with Crippen LogP contribution in [0, 0.1) is 6.92 Å². The first-order valence-corrected chi connectivity index (χ1v) is 8.06. The van der Waals surface area contributed by atoms with Crippen LogP contribution in [0.25, 0.3) is 11.5 Å². The van der Waals surface area contributed by atoms with Crippen LogP contribution in [0.5, 0.6) is 0 Å². The second kappa shape index (κ2) is 7.60. The van der Waals surface area contributed by atoms with Gasteiger partial charge in [-0.25, -0.2) is 4.79 Å². The lowest BCUT2D eigenvalue weighted by Crippen LogP contribution is -2.12. The van der Waals surface area contributed by atoms with Gasteiger partial charge in [0.15, 0.2) is 5.82 Å². The SMILES string of the molecule is CCOC(=O)c1cccc(NC(=O)c2ccc(-c3nc(C)no3)cc2)c1. The first kappa shape index (κ1) is 17.3. The van der Waals surface area contributed by atoms with Crippen molar-refractivity contribution in [1.29, 1.82) is 0 Å². The average Bonchev–Trinajstić information content (AvgIpc) is 3.09. The van der Waals surface area contributed by atoms with E-state index in [-0.39, 0.29) is 5.91 Å². The fourth-order valence-corrected chi connectivity index (χ4v) is 2.32. The van der Waals surface area contributed by atoms with Gasteiger partial charge in [0.2, 0.25) is 0 Å². The van der Waals surface area contributed by atoms with Gasteiger partial charge in [0, 0.05) is 16.8 Å². The maximum Gasteiger partial charge on any atom is 0.338 e. The van der Waals surface area contributed by atoms with Crippen molar-refractivity contribution in [3.05, 3.63) is 65.5 Å². The van der Waals surface area contributed by atoms with Crippen LogP contribution in [0.15, 0.2) is 53.1 Å². The Morgan fingerprint density at radius 3 is 2.54 bits per heavy atom. The van der Waals surface area contributed by atoms with Gasteiger partial charge in [0.05, 0.1) is 12.2 Å². The maximum absolute atomic E-state index is 12.4. The van der Waals surface area contributed by atoms with E-state index in [2.05, 4.69) is 15.5 Å². The van der Waals surface area contributed by atoms with E-state index in [1.165, 1.54) is 0 Å². The van der Waals surface area contributed by atoms with Crippen LogP contribution in [-0.4, -0.2) is 28.6 Å². The molecule has 0 fully saturated rings. The van der Waals surface area contributed by atoms with Gasteiger partial charge >= 0.3 is 5.97 Å². The number of hydrogen-bond donors (Lipinski definition) is 1. The summed E-state index contributed by atoms with van der Waals surface area (Å²) in [6, 6.07) is 13.4. The fourth-order valence-electron chi connectivity index (χ4n) is 2.32. The second-order valence-electron chi connectivity index (χ2n) is 5.48. The minimum absolute atomic E-state index is 0.292. The predicted molar refractivity (Wildman–Crippen MR) is 94.8 cm³/mol. The van der Waals surface area contributed by atoms with Crippen molar-refractivity contribution in [1.82, 2.24) is 10.1 Å². The quantitative estimate of drug-likeness (QED) is 0.707. The number of rotatable bonds is 5. The highest BCUT2D eigenvalue weighted by Crippen LogP contribution is 2.19. The molecule has 0 saturated carbocycles. The van der Waals surface area contributed by atoms with E-state index < -0.39 is 5.97 Å². The van der Waals surface area contributed by atoms with Crippen molar-refractivity contribution < 1.29 is 18.8 Å². The first-order valence-electron chi connectivity index (χ1n) is 8.06. The summed E-state index contributed by atoms with van der Waals surface area (Å²) in [5.41, 5.74) is 2.09. The maximum atomic E-state index is 12.4. The highest BCUT2D eigenvalue weighted by atomic mass is 16.5. The third kappa shape index (κ3) is 3.94. The largest absolute Gasteiger partial charge is 0.462 e. The number of amides is 1. The molecular weight excluding hydrogens is 334 g/mol. The third-order valence-electron chi connectivity index (χ3n) is 3.55. The number of esters is 1. The molecular formula is C19H17N3O4. The molecule has 0 aliphatic heterocycles.